The van der Waals surface area contributed by atoms with Crippen molar-refractivity contribution < 1.29 is 14.3 Å². The van der Waals surface area contributed by atoms with Gasteiger partial charge >= 0.3 is 0 Å². The number of nitrogens with one attached hydrogen (secondary N) is 1. The van der Waals surface area contributed by atoms with E-state index in [0.29, 0.717) is 0 Å². The second-order valence-corrected chi connectivity index (χ2v) is 6.53. The normalized spacial score (nSPS) is 16.7. The summed E-state index contributed by atoms with van der Waals surface area (Å²) in [5.74, 6) is 0.754. The van der Waals surface area contributed by atoms with Gasteiger partial charge in [0.15, 0.2) is 0 Å². The molecular formula is C17H20N2O3S. The molecule has 0 saturated heterocycles. The highest BCUT2D eigenvalue weighted by Gasteiger charge is 2.26. The van der Waals surface area contributed by atoms with Crippen LogP contribution in [0.15, 0.2) is 24.3 Å². The van der Waals surface area contributed by atoms with Crippen LogP contribution in [0, 0.1) is 0 Å². The molecular weight excluding hydrogens is 312 g/mol. The number of amides is 1. The maximum absolute atomic E-state index is 11.8. The van der Waals surface area contributed by atoms with Crippen molar-refractivity contribution in [2.45, 2.75) is 25.3 Å². The number of nitrogens with zero attached hydrogens (tertiary/aromatic N) is 1. The van der Waals surface area contributed by atoms with E-state index in [9.17, 15) is 4.79 Å². The first-order chi connectivity index (χ1) is 11.2. The molecule has 1 atom stereocenters. The number of benzene rings is 1. The second-order valence-electron chi connectivity index (χ2n) is 5.50. The Bertz CT molecular complexity index is 682. The highest BCUT2D eigenvalue weighted by atomic mass is 32.1. The number of methoxy groups -OCH3 is 2. The molecule has 1 aromatic carbocycles. The summed E-state index contributed by atoms with van der Waals surface area (Å²) in [5, 5.41) is 4.04. The molecule has 0 saturated carbocycles. The van der Waals surface area contributed by atoms with Crippen LogP contribution >= 0.6 is 11.3 Å². The largest absolute Gasteiger partial charge is 0.497 e. The monoisotopic (exact) mass is 332 g/mol. The number of aryl methyl sites for hydroxylation is 1. The lowest BCUT2D eigenvalue weighted by Crippen LogP contribution is -2.32. The average Bonchev–Trinajstić information content (AvgIpc) is 3.00. The zero-order chi connectivity index (χ0) is 16.2. The topological polar surface area (TPSA) is 60.5 Å². The fourth-order valence-electron chi connectivity index (χ4n) is 2.78. The fourth-order valence-corrected chi connectivity index (χ4v) is 3.98. The molecule has 1 aromatic heterocycles. The highest BCUT2D eigenvalue weighted by molar-refractivity contribution is 7.15. The smallest absolute Gasteiger partial charge is 0.246 e. The summed E-state index contributed by atoms with van der Waals surface area (Å²) in [5.41, 5.74) is 2.18. The molecule has 1 amide bonds. The van der Waals surface area contributed by atoms with E-state index in [1.165, 1.54) is 12.0 Å². The minimum absolute atomic E-state index is 0.0471. The number of ether oxygens (including phenoxy) is 2. The van der Waals surface area contributed by atoms with E-state index >= 15 is 0 Å². The van der Waals surface area contributed by atoms with Gasteiger partial charge < -0.3 is 14.8 Å². The van der Waals surface area contributed by atoms with Crippen LogP contribution in [0.25, 0.3) is 10.6 Å². The summed E-state index contributed by atoms with van der Waals surface area (Å²) >= 11 is 1.66. The fraction of sp³-hybridized carbons (Fsp3) is 0.412. The van der Waals surface area contributed by atoms with Crippen molar-refractivity contribution in [3.63, 3.8) is 0 Å². The second kappa shape index (κ2) is 7.10. The van der Waals surface area contributed by atoms with Crippen molar-refractivity contribution >= 4 is 17.2 Å². The lowest BCUT2D eigenvalue weighted by Gasteiger charge is -2.22. The molecule has 5 nitrogen and oxygen atoms in total. The van der Waals surface area contributed by atoms with Gasteiger partial charge in [0.1, 0.15) is 17.4 Å². The zero-order valence-electron chi connectivity index (χ0n) is 13.3. The van der Waals surface area contributed by atoms with Crippen molar-refractivity contribution in [1.82, 2.24) is 10.3 Å². The number of fused-ring (bicyclic) bond motifs is 1. The van der Waals surface area contributed by atoms with Crippen LogP contribution in [-0.4, -0.2) is 31.7 Å². The molecule has 1 unspecified atom stereocenters. The Hall–Kier alpha value is -1.92. The van der Waals surface area contributed by atoms with Crippen LogP contribution in [-0.2, 0) is 16.0 Å². The minimum atomic E-state index is -0.0789. The first kappa shape index (κ1) is 16.0. The van der Waals surface area contributed by atoms with Gasteiger partial charge in [-0.25, -0.2) is 4.98 Å². The van der Waals surface area contributed by atoms with E-state index in [0.717, 1.165) is 41.3 Å². The van der Waals surface area contributed by atoms with Crippen molar-refractivity contribution in [2.75, 3.05) is 20.8 Å². The summed E-state index contributed by atoms with van der Waals surface area (Å²) in [6.07, 6.45) is 2.96. The Kier molecular flexibility index (Phi) is 4.93. The lowest BCUT2D eigenvalue weighted by atomic mass is 9.98. The summed E-state index contributed by atoms with van der Waals surface area (Å²) < 4.78 is 10.1. The van der Waals surface area contributed by atoms with Crippen LogP contribution in [0.4, 0.5) is 0 Å². The Morgan fingerprint density at radius 3 is 2.83 bits per heavy atom. The van der Waals surface area contributed by atoms with Gasteiger partial charge in [-0.2, -0.15) is 0 Å². The van der Waals surface area contributed by atoms with Gasteiger partial charge in [-0.3, -0.25) is 4.79 Å². The molecule has 2 aromatic rings. The van der Waals surface area contributed by atoms with Crippen molar-refractivity contribution in [3.8, 4) is 16.3 Å². The number of carbonyl (C=O) groups excluding carboxylic acids is 1. The SMILES string of the molecule is COCC(=O)NC1CCCc2nc(-c3ccc(OC)cc3)sc21. The number of thiazole rings is 1. The van der Waals surface area contributed by atoms with Crippen molar-refractivity contribution in [3.05, 3.63) is 34.8 Å². The van der Waals surface area contributed by atoms with Crippen LogP contribution < -0.4 is 10.1 Å². The van der Waals surface area contributed by atoms with E-state index < -0.39 is 0 Å². The van der Waals surface area contributed by atoms with E-state index in [2.05, 4.69) is 5.32 Å². The van der Waals surface area contributed by atoms with E-state index in [1.807, 2.05) is 24.3 Å². The Morgan fingerprint density at radius 1 is 1.35 bits per heavy atom. The van der Waals surface area contributed by atoms with Gasteiger partial charge in [-0.1, -0.05) is 0 Å². The molecule has 23 heavy (non-hydrogen) atoms. The third-order valence-corrected chi connectivity index (χ3v) is 5.16. The molecule has 0 bridgehead atoms. The molecule has 1 aliphatic rings. The van der Waals surface area contributed by atoms with E-state index in [4.69, 9.17) is 14.5 Å². The summed E-state index contributed by atoms with van der Waals surface area (Å²) in [6, 6.07) is 7.95. The lowest BCUT2D eigenvalue weighted by molar-refractivity contribution is -0.125. The standard InChI is InChI=1S/C17H20N2O3S/c1-21-10-15(20)18-13-4-3-5-14-16(13)23-17(19-14)11-6-8-12(22-2)9-7-11/h6-9,13H,3-5,10H2,1-2H3,(H,18,20). The van der Waals surface area contributed by atoms with Gasteiger partial charge in [-0.15, -0.1) is 11.3 Å². The first-order valence-electron chi connectivity index (χ1n) is 7.63. The minimum Gasteiger partial charge on any atom is -0.497 e. The van der Waals surface area contributed by atoms with Crippen LogP contribution in [0.1, 0.15) is 29.5 Å². The van der Waals surface area contributed by atoms with Gasteiger partial charge in [0.05, 0.1) is 23.7 Å². The Morgan fingerprint density at radius 2 is 2.13 bits per heavy atom. The maximum Gasteiger partial charge on any atom is 0.246 e. The summed E-state index contributed by atoms with van der Waals surface area (Å²) in [7, 11) is 3.19. The van der Waals surface area contributed by atoms with Crippen LogP contribution in [0.5, 0.6) is 5.75 Å². The molecule has 6 heteroatoms. The predicted molar refractivity (Wildman–Crippen MR) is 89.8 cm³/mol. The zero-order valence-corrected chi connectivity index (χ0v) is 14.1. The third-order valence-electron chi connectivity index (χ3n) is 3.90. The van der Waals surface area contributed by atoms with Gasteiger partial charge in [0.2, 0.25) is 5.91 Å². The third kappa shape index (κ3) is 3.54. The molecule has 0 fully saturated rings. The van der Waals surface area contributed by atoms with E-state index in [1.54, 1.807) is 18.4 Å². The predicted octanol–water partition coefficient (Wildman–Crippen LogP) is 2.96. The van der Waals surface area contributed by atoms with Crippen molar-refractivity contribution in [2.24, 2.45) is 0 Å². The molecule has 1 heterocycles. The highest BCUT2D eigenvalue weighted by Crippen LogP contribution is 2.38. The number of rotatable bonds is 5. The number of hydrogen-bond acceptors (Lipinski definition) is 5. The molecule has 0 radical (unpaired) electrons. The van der Waals surface area contributed by atoms with Gasteiger partial charge in [0.25, 0.3) is 0 Å². The Labute approximate surface area is 139 Å². The quantitative estimate of drug-likeness (QED) is 0.914. The summed E-state index contributed by atoms with van der Waals surface area (Å²) in [4.78, 5) is 17.8. The van der Waals surface area contributed by atoms with Gasteiger partial charge in [0, 0.05) is 12.7 Å². The Balaban J connectivity index is 1.83. The number of aromatic nitrogens is 1. The molecule has 0 spiro atoms. The maximum atomic E-state index is 11.8. The number of hydrogen-bond donors (Lipinski definition) is 1. The average molecular weight is 332 g/mol. The molecule has 1 N–H and O–H groups in total. The van der Waals surface area contributed by atoms with Crippen molar-refractivity contribution in [1.29, 1.82) is 0 Å². The number of carbonyl (C=O) groups is 1. The van der Waals surface area contributed by atoms with E-state index in [-0.39, 0.29) is 18.6 Å². The molecule has 0 aliphatic heterocycles. The van der Waals surface area contributed by atoms with Gasteiger partial charge in [-0.05, 0) is 43.5 Å². The molecule has 3 rings (SSSR count). The summed E-state index contributed by atoms with van der Waals surface area (Å²) in [6.45, 7) is 0.0932. The van der Waals surface area contributed by atoms with Crippen LogP contribution in [0.3, 0.4) is 0 Å². The first-order valence-corrected chi connectivity index (χ1v) is 8.45. The molecule has 1 aliphatic carbocycles. The van der Waals surface area contributed by atoms with Crippen LogP contribution in [0.2, 0.25) is 0 Å². The molecule has 122 valence electrons.